The first kappa shape index (κ1) is 17.9. The quantitative estimate of drug-likeness (QED) is 0.543. The molecule has 0 spiro atoms. The number of hydrogen-bond acceptors (Lipinski definition) is 8. The van der Waals surface area contributed by atoms with Crippen molar-refractivity contribution in [2.75, 3.05) is 13.1 Å². The van der Waals surface area contributed by atoms with E-state index in [1.54, 1.807) is 24.5 Å². The lowest BCUT2D eigenvalue weighted by Gasteiger charge is -2.25. The van der Waals surface area contributed by atoms with Crippen LogP contribution in [0.4, 0.5) is 5.69 Å². The second-order valence-corrected chi connectivity index (χ2v) is 6.54. The van der Waals surface area contributed by atoms with E-state index in [9.17, 15) is 10.1 Å². The van der Waals surface area contributed by atoms with Gasteiger partial charge in [0.05, 0.1) is 10.5 Å². The molecule has 9 heteroatoms. The Hall–Kier alpha value is -3.46. The molecular weight excluding hydrogens is 360 g/mol. The molecule has 0 aliphatic carbocycles. The van der Waals surface area contributed by atoms with E-state index in [4.69, 9.17) is 4.52 Å². The van der Waals surface area contributed by atoms with Crippen LogP contribution in [0.1, 0.15) is 29.6 Å². The van der Waals surface area contributed by atoms with E-state index >= 15 is 0 Å². The zero-order valence-corrected chi connectivity index (χ0v) is 15.2. The third-order valence-electron chi connectivity index (χ3n) is 4.62. The van der Waals surface area contributed by atoms with Crippen LogP contribution >= 0.6 is 0 Å². The maximum atomic E-state index is 11.5. The molecule has 1 saturated heterocycles. The molecule has 1 unspecified atom stereocenters. The van der Waals surface area contributed by atoms with Gasteiger partial charge in [0.1, 0.15) is 5.69 Å². The Labute approximate surface area is 160 Å². The molecule has 4 heterocycles. The number of nitrogens with one attached hydrogen (secondary N) is 1. The fourth-order valence-corrected chi connectivity index (χ4v) is 3.28. The maximum Gasteiger partial charge on any atom is 0.291 e. The van der Waals surface area contributed by atoms with E-state index in [0.717, 1.165) is 23.4 Å². The zero-order valence-electron chi connectivity index (χ0n) is 15.2. The summed E-state index contributed by atoms with van der Waals surface area (Å²) >= 11 is 0. The number of piperidine rings is 1. The number of aryl methyl sites for hydroxylation is 1. The molecule has 1 aliphatic rings. The van der Waals surface area contributed by atoms with Gasteiger partial charge < -0.3 is 9.84 Å². The average molecular weight is 378 g/mol. The van der Waals surface area contributed by atoms with Crippen molar-refractivity contribution in [1.29, 1.82) is 0 Å². The standard InChI is InChI=1S/C19H18N6O3/c1-12-4-5-16(25(26)27)18(22-12)15-11-21-8-6-13(15)9-17-23-19(28-24-17)14-3-2-7-20-10-14/h2-5,7,9-10,15,21H,6,8,11H2,1H3/b13-9+. The van der Waals surface area contributed by atoms with Crippen molar-refractivity contribution >= 4 is 11.8 Å². The van der Waals surface area contributed by atoms with Crippen LogP contribution in [-0.2, 0) is 0 Å². The van der Waals surface area contributed by atoms with Gasteiger partial charge in [-0.15, -0.1) is 0 Å². The van der Waals surface area contributed by atoms with Gasteiger partial charge in [0.25, 0.3) is 11.6 Å². The average Bonchev–Trinajstić information content (AvgIpc) is 3.17. The topological polar surface area (TPSA) is 120 Å². The zero-order chi connectivity index (χ0) is 19.5. The van der Waals surface area contributed by atoms with Crippen LogP contribution in [0, 0.1) is 17.0 Å². The summed E-state index contributed by atoms with van der Waals surface area (Å²) in [5, 5.41) is 18.8. The summed E-state index contributed by atoms with van der Waals surface area (Å²) in [7, 11) is 0. The van der Waals surface area contributed by atoms with E-state index < -0.39 is 0 Å². The predicted octanol–water partition coefficient (Wildman–Crippen LogP) is 2.90. The van der Waals surface area contributed by atoms with Crippen molar-refractivity contribution in [2.24, 2.45) is 0 Å². The van der Waals surface area contributed by atoms with Crippen LogP contribution in [0.15, 0.2) is 46.8 Å². The molecule has 142 valence electrons. The van der Waals surface area contributed by atoms with E-state index in [1.807, 2.05) is 19.1 Å². The van der Waals surface area contributed by atoms with Crippen molar-refractivity contribution in [3.63, 3.8) is 0 Å². The van der Waals surface area contributed by atoms with Crippen molar-refractivity contribution in [2.45, 2.75) is 19.3 Å². The fraction of sp³-hybridized carbons (Fsp3) is 0.263. The predicted molar refractivity (Wildman–Crippen MR) is 101 cm³/mol. The largest absolute Gasteiger partial charge is 0.334 e. The van der Waals surface area contributed by atoms with Crippen molar-refractivity contribution in [1.82, 2.24) is 25.4 Å². The van der Waals surface area contributed by atoms with Crippen molar-refractivity contribution in [3.8, 4) is 11.5 Å². The van der Waals surface area contributed by atoms with Gasteiger partial charge >= 0.3 is 0 Å². The van der Waals surface area contributed by atoms with E-state index in [0.29, 0.717) is 30.4 Å². The molecule has 0 amide bonds. The SMILES string of the molecule is Cc1ccc([N+](=O)[O-])c(C2CNCC/C2=C\c2noc(-c3cccnc3)n2)n1. The molecule has 1 aliphatic heterocycles. The molecule has 28 heavy (non-hydrogen) atoms. The molecule has 3 aromatic heterocycles. The Morgan fingerprint density at radius 1 is 1.32 bits per heavy atom. The Bertz CT molecular complexity index is 1030. The number of aromatic nitrogens is 4. The Kier molecular flexibility index (Phi) is 4.90. The maximum absolute atomic E-state index is 11.5. The van der Waals surface area contributed by atoms with Gasteiger partial charge in [-0.1, -0.05) is 10.7 Å². The molecule has 1 fully saturated rings. The highest BCUT2D eigenvalue weighted by Crippen LogP contribution is 2.34. The van der Waals surface area contributed by atoms with Crippen molar-refractivity contribution < 1.29 is 9.45 Å². The highest BCUT2D eigenvalue weighted by atomic mass is 16.6. The second kappa shape index (κ2) is 7.65. The molecule has 4 rings (SSSR count). The summed E-state index contributed by atoms with van der Waals surface area (Å²) in [6.45, 7) is 3.16. The summed E-state index contributed by atoms with van der Waals surface area (Å²) in [6.07, 6.45) is 5.87. The normalized spacial score (nSPS) is 18.3. The summed E-state index contributed by atoms with van der Waals surface area (Å²) in [5.74, 6) is 0.579. The van der Waals surface area contributed by atoms with Gasteiger partial charge in [-0.05, 0) is 44.2 Å². The molecule has 0 bridgehead atoms. The van der Waals surface area contributed by atoms with Gasteiger partial charge in [0.15, 0.2) is 5.82 Å². The molecule has 0 saturated carbocycles. The highest BCUT2D eigenvalue weighted by molar-refractivity contribution is 5.56. The fourth-order valence-electron chi connectivity index (χ4n) is 3.28. The van der Waals surface area contributed by atoms with Gasteiger partial charge in [-0.2, -0.15) is 4.98 Å². The van der Waals surface area contributed by atoms with Crippen LogP contribution in [0.3, 0.4) is 0 Å². The van der Waals surface area contributed by atoms with Gasteiger partial charge in [-0.25, -0.2) is 0 Å². The van der Waals surface area contributed by atoms with E-state index in [1.165, 1.54) is 6.07 Å². The number of hydrogen-bond donors (Lipinski definition) is 1. The molecule has 1 N–H and O–H groups in total. The first-order valence-electron chi connectivity index (χ1n) is 8.89. The lowest BCUT2D eigenvalue weighted by Crippen LogP contribution is -2.31. The summed E-state index contributed by atoms with van der Waals surface area (Å²) in [4.78, 5) is 24.0. The van der Waals surface area contributed by atoms with Crippen LogP contribution in [-0.4, -0.2) is 38.1 Å². The summed E-state index contributed by atoms with van der Waals surface area (Å²) in [5.41, 5.74) is 2.94. The van der Waals surface area contributed by atoms with Crippen LogP contribution in [0.2, 0.25) is 0 Å². The van der Waals surface area contributed by atoms with E-state index in [2.05, 4.69) is 25.4 Å². The highest BCUT2D eigenvalue weighted by Gasteiger charge is 2.29. The van der Waals surface area contributed by atoms with Crippen LogP contribution in [0.25, 0.3) is 17.5 Å². The Morgan fingerprint density at radius 3 is 3.00 bits per heavy atom. The lowest BCUT2D eigenvalue weighted by atomic mass is 9.88. The first-order chi connectivity index (χ1) is 13.6. The minimum atomic E-state index is -0.386. The molecule has 0 radical (unpaired) electrons. The Balaban J connectivity index is 1.70. The number of rotatable bonds is 4. The number of nitrogens with zero attached hydrogens (tertiary/aromatic N) is 5. The Morgan fingerprint density at radius 2 is 2.21 bits per heavy atom. The van der Waals surface area contributed by atoms with Crippen LogP contribution in [0.5, 0.6) is 0 Å². The molecular formula is C19H18N6O3. The number of pyridine rings is 2. The monoisotopic (exact) mass is 378 g/mol. The van der Waals surface area contributed by atoms with Gasteiger partial charge in [0.2, 0.25) is 0 Å². The first-order valence-corrected chi connectivity index (χ1v) is 8.89. The summed E-state index contributed by atoms with van der Waals surface area (Å²) < 4.78 is 5.33. The molecule has 1 atom stereocenters. The third kappa shape index (κ3) is 3.65. The minimum absolute atomic E-state index is 0.0226. The van der Waals surface area contributed by atoms with Crippen LogP contribution < -0.4 is 5.32 Å². The smallest absolute Gasteiger partial charge is 0.291 e. The lowest BCUT2D eigenvalue weighted by molar-refractivity contribution is -0.386. The van der Waals surface area contributed by atoms with Gasteiger partial charge in [-0.3, -0.25) is 20.1 Å². The van der Waals surface area contributed by atoms with Gasteiger partial charge in [0, 0.05) is 36.6 Å². The minimum Gasteiger partial charge on any atom is -0.334 e. The molecule has 9 nitrogen and oxygen atoms in total. The van der Waals surface area contributed by atoms with E-state index in [-0.39, 0.29) is 16.5 Å². The second-order valence-electron chi connectivity index (χ2n) is 6.54. The summed E-state index contributed by atoms with van der Waals surface area (Å²) in [6, 6.07) is 6.80. The third-order valence-corrected chi connectivity index (χ3v) is 4.62. The van der Waals surface area contributed by atoms with Crippen molar-refractivity contribution in [3.05, 3.63) is 69.6 Å². The molecule has 3 aromatic rings. The number of nitro groups is 1. The molecule has 0 aromatic carbocycles.